The maximum Gasteiger partial charge on any atom is 0.255 e. The highest BCUT2D eigenvalue weighted by Crippen LogP contribution is 2.27. The molecule has 6 heteroatoms. The quantitative estimate of drug-likeness (QED) is 0.586. The van der Waals surface area contributed by atoms with Crippen molar-refractivity contribution < 1.29 is 4.79 Å². The lowest BCUT2D eigenvalue weighted by molar-refractivity contribution is 0.102. The standard InChI is InChI=1S/C13H7Br3ClNO/c14-8-1-2-12(11(17)6-8)18-13(19)7-3-9(15)5-10(16)4-7/h1-6H,(H,18,19). The summed E-state index contributed by atoms with van der Waals surface area (Å²) >= 11 is 16.1. The summed E-state index contributed by atoms with van der Waals surface area (Å²) in [6.07, 6.45) is 0. The van der Waals surface area contributed by atoms with E-state index in [0.29, 0.717) is 16.3 Å². The highest BCUT2D eigenvalue weighted by Gasteiger charge is 2.10. The van der Waals surface area contributed by atoms with Gasteiger partial charge in [0.1, 0.15) is 0 Å². The Balaban J connectivity index is 2.25. The van der Waals surface area contributed by atoms with Crippen LogP contribution in [0.2, 0.25) is 5.02 Å². The third kappa shape index (κ3) is 4.05. The van der Waals surface area contributed by atoms with E-state index in [2.05, 4.69) is 53.1 Å². The molecule has 0 aliphatic rings. The van der Waals surface area contributed by atoms with E-state index in [1.807, 2.05) is 12.1 Å². The van der Waals surface area contributed by atoms with Crippen molar-refractivity contribution in [2.75, 3.05) is 5.32 Å². The van der Waals surface area contributed by atoms with Gasteiger partial charge in [-0.3, -0.25) is 4.79 Å². The predicted molar refractivity (Wildman–Crippen MR) is 88.9 cm³/mol. The van der Waals surface area contributed by atoms with Crippen molar-refractivity contribution in [3.63, 3.8) is 0 Å². The average Bonchev–Trinajstić information content (AvgIpc) is 2.31. The van der Waals surface area contributed by atoms with E-state index < -0.39 is 0 Å². The van der Waals surface area contributed by atoms with Gasteiger partial charge in [-0.25, -0.2) is 0 Å². The molecule has 19 heavy (non-hydrogen) atoms. The van der Waals surface area contributed by atoms with Crippen LogP contribution in [0.25, 0.3) is 0 Å². The third-order valence-electron chi connectivity index (χ3n) is 2.30. The molecule has 0 bridgehead atoms. The van der Waals surface area contributed by atoms with Crippen LogP contribution in [0.15, 0.2) is 49.8 Å². The zero-order valence-electron chi connectivity index (χ0n) is 9.38. The topological polar surface area (TPSA) is 29.1 Å². The molecule has 98 valence electrons. The Labute approximate surface area is 140 Å². The highest BCUT2D eigenvalue weighted by atomic mass is 79.9. The first kappa shape index (κ1) is 15.0. The van der Waals surface area contributed by atoms with Gasteiger partial charge in [0.15, 0.2) is 0 Å². The van der Waals surface area contributed by atoms with Crippen LogP contribution in [0.3, 0.4) is 0 Å². The molecule has 0 fully saturated rings. The molecule has 0 saturated carbocycles. The second-order valence-corrected chi connectivity index (χ2v) is 6.89. The van der Waals surface area contributed by atoms with E-state index in [1.54, 1.807) is 24.3 Å². The van der Waals surface area contributed by atoms with Crippen molar-refractivity contribution in [3.8, 4) is 0 Å². The zero-order valence-corrected chi connectivity index (χ0v) is 14.9. The molecule has 0 spiro atoms. The molecule has 2 aromatic rings. The van der Waals surface area contributed by atoms with Gasteiger partial charge in [0.25, 0.3) is 5.91 Å². The molecule has 0 aliphatic heterocycles. The molecule has 0 aliphatic carbocycles. The summed E-state index contributed by atoms with van der Waals surface area (Å²) in [6.45, 7) is 0. The van der Waals surface area contributed by atoms with Crippen molar-refractivity contribution in [1.82, 2.24) is 0 Å². The van der Waals surface area contributed by atoms with Crippen molar-refractivity contribution in [2.24, 2.45) is 0 Å². The Morgan fingerprint density at radius 1 is 0.947 bits per heavy atom. The van der Waals surface area contributed by atoms with E-state index >= 15 is 0 Å². The fourth-order valence-corrected chi connectivity index (χ4v) is 3.48. The number of amides is 1. The molecule has 1 N–H and O–H groups in total. The van der Waals surface area contributed by atoms with Crippen molar-refractivity contribution in [3.05, 3.63) is 60.4 Å². The maximum absolute atomic E-state index is 12.1. The number of rotatable bonds is 2. The van der Waals surface area contributed by atoms with Crippen molar-refractivity contribution in [1.29, 1.82) is 0 Å². The van der Waals surface area contributed by atoms with E-state index in [9.17, 15) is 4.79 Å². The average molecular weight is 468 g/mol. The van der Waals surface area contributed by atoms with Gasteiger partial charge in [-0.15, -0.1) is 0 Å². The number of halogens is 4. The maximum atomic E-state index is 12.1. The first-order valence-corrected chi connectivity index (χ1v) is 7.94. The van der Waals surface area contributed by atoms with Gasteiger partial charge in [-0.2, -0.15) is 0 Å². The van der Waals surface area contributed by atoms with Gasteiger partial charge in [-0.1, -0.05) is 59.4 Å². The highest BCUT2D eigenvalue weighted by molar-refractivity contribution is 9.11. The smallest absolute Gasteiger partial charge is 0.255 e. The molecule has 0 saturated heterocycles. The van der Waals surface area contributed by atoms with Crippen molar-refractivity contribution >= 4 is 71.0 Å². The molecular weight excluding hydrogens is 461 g/mol. The lowest BCUT2D eigenvalue weighted by Gasteiger charge is -2.08. The molecule has 1 amide bonds. The summed E-state index contributed by atoms with van der Waals surface area (Å²) in [5, 5.41) is 3.26. The number of benzene rings is 2. The lowest BCUT2D eigenvalue weighted by atomic mass is 10.2. The van der Waals surface area contributed by atoms with E-state index in [-0.39, 0.29) is 5.91 Å². The SMILES string of the molecule is O=C(Nc1ccc(Br)cc1Cl)c1cc(Br)cc(Br)c1. The summed E-state index contributed by atoms with van der Waals surface area (Å²) in [7, 11) is 0. The number of hydrogen-bond acceptors (Lipinski definition) is 1. The lowest BCUT2D eigenvalue weighted by Crippen LogP contribution is -2.12. The summed E-state index contributed by atoms with van der Waals surface area (Å²) in [5.74, 6) is -0.216. The molecule has 0 heterocycles. The molecule has 0 radical (unpaired) electrons. The molecule has 0 unspecified atom stereocenters. The Hall–Kier alpha value is -0.360. The van der Waals surface area contributed by atoms with Gasteiger partial charge >= 0.3 is 0 Å². The van der Waals surface area contributed by atoms with Crippen LogP contribution in [0.4, 0.5) is 5.69 Å². The summed E-state index contributed by atoms with van der Waals surface area (Å²) in [5.41, 5.74) is 1.12. The first-order chi connectivity index (χ1) is 8.95. The van der Waals surface area contributed by atoms with Gasteiger partial charge in [0, 0.05) is 19.0 Å². The van der Waals surface area contributed by atoms with Gasteiger partial charge < -0.3 is 5.32 Å². The minimum Gasteiger partial charge on any atom is -0.321 e. The van der Waals surface area contributed by atoms with Gasteiger partial charge in [0.2, 0.25) is 0 Å². The number of hydrogen-bond donors (Lipinski definition) is 1. The second-order valence-electron chi connectivity index (χ2n) is 3.74. The van der Waals surface area contributed by atoms with E-state index in [0.717, 1.165) is 13.4 Å². The minimum atomic E-state index is -0.216. The summed E-state index contributed by atoms with van der Waals surface area (Å²) < 4.78 is 2.52. The Kier molecular flexibility index (Phi) is 5.06. The minimum absolute atomic E-state index is 0.216. The fraction of sp³-hybridized carbons (Fsp3) is 0. The number of carbonyl (C=O) groups excluding carboxylic acids is 1. The number of carbonyl (C=O) groups is 1. The molecule has 2 nitrogen and oxygen atoms in total. The van der Waals surface area contributed by atoms with Crippen LogP contribution in [0.1, 0.15) is 10.4 Å². The van der Waals surface area contributed by atoms with Gasteiger partial charge in [-0.05, 0) is 36.4 Å². The molecule has 0 atom stereocenters. The largest absolute Gasteiger partial charge is 0.321 e. The molecular formula is C13H7Br3ClNO. The van der Waals surface area contributed by atoms with Crippen LogP contribution in [-0.2, 0) is 0 Å². The molecule has 2 aromatic carbocycles. The van der Waals surface area contributed by atoms with E-state index in [1.165, 1.54) is 0 Å². The summed E-state index contributed by atoms with van der Waals surface area (Å²) in [6, 6.07) is 10.6. The van der Waals surface area contributed by atoms with Gasteiger partial charge in [0.05, 0.1) is 10.7 Å². The Morgan fingerprint density at radius 3 is 2.16 bits per heavy atom. The first-order valence-electron chi connectivity index (χ1n) is 5.18. The predicted octanol–water partition coefficient (Wildman–Crippen LogP) is 5.88. The molecule has 0 aromatic heterocycles. The number of anilines is 1. The zero-order chi connectivity index (χ0) is 14.0. The van der Waals surface area contributed by atoms with Crippen LogP contribution in [0.5, 0.6) is 0 Å². The van der Waals surface area contributed by atoms with Crippen LogP contribution >= 0.6 is 59.4 Å². The van der Waals surface area contributed by atoms with Crippen LogP contribution in [-0.4, -0.2) is 5.91 Å². The monoisotopic (exact) mass is 465 g/mol. The van der Waals surface area contributed by atoms with E-state index in [4.69, 9.17) is 11.6 Å². The second kappa shape index (κ2) is 6.39. The normalized spacial score (nSPS) is 10.3. The van der Waals surface area contributed by atoms with Crippen LogP contribution in [0, 0.1) is 0 Å². The summed E-state index contributed by atoms with van der Waals surface area (Å²) in [4.78, 5) is 12.1. The Morgan fingerprint density at radius 2 is 1.58 bits per heavy atom. The molecule has 2 rings (SSSR count). The number of nitrogens with one attached hydrogen (secondary N) is 1. The Bertz CT molecular complexity index is 626. The van der Waals surface area contributed by atoms with Crippen molar-refractivity contribution in [2.45, 2.75) is 0 Å². The third-order valence-corrected chi connectivity index (χ3v) is 4.03. The van der Waals surface area contributed by atoms with Crippen LogP contribution < -0.4 is 5.32 Å². The fourth-order valence-electron chi connectivity index (χ4n) is 1.47.